The molecule has 0 aromatic heterocycles. The van der Waals surface area contributed by atoms with E-state index in [-0.39, 0.29) is 17.6 Å². The minimum Gasteiger partial charge on any atom is -0.481 e. The summed E-state index contributed by atoms with van der Waals surface area (Å²) in [5.41, 5.74) is 3.89. The quantitative estimate of drug-likeness (QED) is 0.878. The van der Waals surface area contributed by atoms with Crippen LogP contribution in [-0.2, 0) is 24.8 Å². The first-order chi connectivity index (χ1) is 12.1. The molecule has 0 spiro atoms. The Bertz CT molecular complexity index is 710. The van der Waals surface area contributed by atoms with Crippen LogP contribution in [0.3, 0.4) is 0 Å². The van der Waals surface area contributed by atoms with Gasteiger partial charge in [-0.25, -0.2) is 0 Å². The van der Waals surface area contributed by atoms with E-state index in [1.165, 1.54) is 0 Å². The zero-order valence-corrected chi connectivity index (χ0v) is 16.2. The Morgan fingerprint density at radius 2 is 1.42 bits per heavy atom. The molecule has 0 atom stereocenters. The Labute approximate surface area is 154 Å². The van der Waals surface area contributed by atoms with Crippen molar-refractivity contribution < 1.29 is 24.2 Å². The summed E-state index contributed by atoms with van der Waals surface area (Å²) in [7, 11) is 0. The van der Waals surface area contributed by atoms with E-state index in [9.17, 15) is 14.7 Å². The van der Waals surface area contributed by atoms with Crippen LogP contribution in [0.4, 0.5) is 0 Å². The van der Waals surface area contributed by atoms with E-state index in [4.69, 9.17) is 9.47 Å². The highest BCUT2D eigenvalue weighted by molar-refractivity contribution is 5.91. The third kappa shape index (κ3) is 3.19. The number of carbonyl (C=O) groups is 2. The lowest BCUT2D eigenvalue weighted by atomic mass is 9.75. The lowest BCUT2D eigenvalue weighted by Crippen LogP contribution is -2.63. The van der Waals surface area contributed by atoms with Crippen LogP contribution in [0.2, 0.25) is 0 Å². The number of ketones is 1. The van der Waals surface area contributed by atoms with Crippen molar-refractivity contribution in [2.45, 2.75) is 71.9 Å². The maximum atomic E-state index is 13.5. The van der Waals surface area contributed by atoms with Crippen LogP contribution in [0.5, 0.6) is 0 Å². The van der Waals surface area contributed by atoms with Crippen molar-refractivity contribution in [3.63, 3.8) is 0 Å². The Morgan fingerprint density at radius 1 is 0.962 bits per heavy atom. The van der Waals surface area contributed by atoms with Crippen molar-refractivity contribution in [3.8, 4) is 0 Å². The number of carboxylic acid groups (broad SMARTS) is 1. The van der Waals surface area contributed by atoms with Crippen LogP contribution in [0.15, 0.2) is 12.1 Å². The number of rotatable bonds is 4. The van der Waals surface area contributed by atoms with E-state index in [1.54, 1.807) is 13.8 Å². The molecule has 3 rings (SSSR count). The van der Waals surface area contributed by atoms with Gasteiger partial charge >= 0.3 is 5.97 Å². The lowest BCUT2D eigenvalue weighted by Gasteiger charge is -2.53. The van der Waals surface area contributed by atoms with Crippen molar-refractivity contribution in [3.05, 3.63) is 34.4 Å². The standard InChI is InChI=1S/C21H28O5/c1-12-10-13(2)17(14(3)11-12)21(25-20(4,5)26-21)18(22)15-6-8-16(9-7-15)19(23)24/h10-11,15-16H,6-9H2,1-5H3,(H,23,24). The molecule has 26 heavy (non-hydrogen) atoms. The van der Waals surface area contributed by atoms with Gasteiger partial charge in [-0.2, -0.15) is 0 Å². The Kier molecular flexibility index (Phi) is 4.74. The van der Waals surface area contributed by atoms with Crippen LogP contribution in [0.25, 0.3) is 0 Å². The van der Waals surface area contributed by atoms with Crippen LogP contribution in [0.1, 0.15) is 61.8 Å². The molecule has 1 aromatic carbocycles. The second-order valence-electron chi connectivity index (χ2n) is 8.25. The molecule has 0 unspecified atom stereocenters. The lowest BCUT2D eigenvalue weighted by molar-refractivity contribution is -0.486. The fourth-order valence-corrected chi connectivity index (χ4v) is 4.60. The minimum absolute atomic E-state index is 0.0734. The van der Waals surface area contributed by atoms with Gasteiger partial charge in [-0.15, -0.1) is 0 Å². The second-order valence-corrected chi connectivity index (χ2v) is 8.25. The number of ether oxygens (including phenoxy) is 2. The molecule has 0 amide bonds. The highest BCUT2D eigenvalue weighted by atomic mass is 16.9. The molecule has 1 aromatic rings. The van der Waals surface area contributed by atoms with Gasteiger partial charge < -0.3 is 14.6 Å². The van der Waals surface area contributed by atoms with E-state index < -0.39 is 17.5 Å². The first-order valence-electron chi connectivity index (χ1n) is 9.31. The number of hydrogen-bond acceptors (Lipinski definition) is 4. The Balaban J connectivity index is 1.93. The summed E-state index contributed by atoms with van der Waals surface area (Å²) in [6.45, 7) is 9.59. The number of aliphatic carboxylic acids is 1. The van der Waals surface area contributed by atoms with Crippen molar-refractivity contribution in [2.75, 3.05) is 0 Å². The van der Waals surface area contributed by atoms with Gasteiger partial charge in [0.25, 0.3) is 5.79 Å². The molecular weight excluding hydrogens is 332 g/mol. The monoisotopic (exact) mass is 360 g/mol. The maximum Gasteiger partial charge on any atom is 0.306 e. The fraction of sp³-hybridized carbons (Fsp3) is 0.619. The van der Waals surface area contributed by atoms with Crippen LogP contribution in [0, 0.1) is 32.6 Å². The van der Waals surface area contributed by atoms with Gasteiger partial charge in [-0.1, -0.05) is 17.7 Å². The molecule has 0 bridgehead atoms. The number of carbonyl (C=O) groups excluding carboxylic acids is 1. The number of Topliss-reactive ketones (excluding diaryl/α,β-unsaturated/α-hetero) is 1. The predicted molar refractivity (Wildman–Crippen MR) is 96.7 cm³/mol. The van der Waals surface area contributed by atoms with Crippen LogP contribution < -0.4 is 0 Å². The molecule has 5 nitrogen and oxygen atoms in total. The summed E-state index contributed by atoms with van der Waals surface area (Å²) in [4.78, 5) is 24.6. The van der Waals surface area contributed by atoms with Crippen LogP contribution in [-0.4, -0.2) is 22.6 Å². The topological polar surface area (TPSA) is 72.8 Å². The summed E-state index contributed by atoms with van der Waals surface area (Å²) < 4.78 is 12.2. The van der Waals surface area contributed by atoms with E-state index in [0.717, 1.165) is 22.3 Å². The van der Waals surface area contributed by atoms with Crippen molar-refractivity contribution >= 4 is 11.8 Å². The van der Waals surface area contributed by atoms with Gasteiger partial charge in [0.05, 0.1) is 5.92 Å². The zero-order valence-electron chi connectivity index (χ0n) is 16.2. The summed E-state index contributed by atoms with van der Waals surface area (Å²) in [5, 5.41) is 9.19. The second kappa shape index (κ2) is 6.46. The maximum absolute atomic E-state index is 13.5. The summed E-state index contributed by atoms with van der Waals surface area (Å²) >= 11 is 0. The third-order valence-corrected chi connectivity index (χ3v) is 5.56. The highest BCUT2D eigenvalue weighted by Crippen LogP contribution is 2.50. The van der Waals surface area contributed by atoms with Crippen LogP contribution >= 0.6 is 0 Å². The Hall–Kier alpha value is -1.72. The molecule has 142 valence electrons. The summed E-state index contributed by atoms with van der Waals surface area (Å²) in [5.74, 6) is -3.60. The minimum atomic E-state index is -1.37. The Morgan fingerprint density at radius 3 is 1.85 bits per heavy atom. The molecular formula is C21H28O5. The van der Waals surface area contributed by atoms with Crippen molar-refractivity contribution in [1.29, 1.82) is 0 Å². The van der Waals surface area contributed by atoms with Gasteiger partial charge in [-0.05, 0) is 71.4 Å². The van der Waals surface area contributed by atoms with Gasteiger partial charge in [0.2, 0.25) is 0 Å². The third-order valence-electron chi connectivity index (χ3n) is 5.56. The summed E-state index contributed by atoms with van der Waals surface area (Å²) in [6.07, 6.45) is 2.18. The van der Waals surface area contributed by atoms with Crippen molar-refractivity contribution in [2.24, 2.45) is 11.8 Å². The predicted octanol–water partition coefficient (Wildman–Crippen LogP) is 4.01. The molecule has 1 saturated carbocycles. The average Bonchev–Trinajstić information content (AvgIpc) is 2.51. The average molecular weight is 360 g/mol. The van der Waals surface area contributed by atoms with Crippen molar-refractivity contribution in [1.82, 2.24) is 0 Å². The molecule has 0 radical (unpaired) electrons. The SMILES string of the molecule is Cc1cc(C)c(C2(C(=O)C3CCC(C(=O)O)CC3)OC(C)(C)O2)c(C)c1. The number of carboxylic acids is 1. The van der Waals surface area contributed by atoms with Gasteiger partial charge in [0.15, 0.2) is 11.6 Å². The largest absolute Gasteiger partial charge is 0.481 e. The van der Waals surface area contributed by atoms with E-state index in [0.29, 0.717) is 25.7 Å². The smallest absolute Gasteiger partial charge is 0.306 e. The first-order valence-corrected chi connectivity index (χ1v) is 9.31. The number of hydrogen-bond donors (Lipinski definition) is 1. The van der Waals surface area contributed by atoms with E-state index >= 15 is 0 Å². The van der Waals surface area contributed by atoms with E-state index in [1.807, 2.05) is 32.9 Å². The fourth-order valence-electron chi connectivity index (χ4n) is 4.60. The molecule has 5 heteroatoms. The molecule has 2 fully saturated rings. The number of benzene rings is 1. The molecule has 2 aliphatic rings. The normalized spacial score (nSPS) is 26.8. The molecule has 1 saturated heterocycles. The molecule has 1 heterocycles. The number of aryl methyl sites for hydroxylation is 3. The molecule has 1 aliphatic heterocycles. The first kappa shape index (κ1) is 19.1. The molecule has 1 N–H and O–H groups in total. The zero-order chi connectivity index (χ0) is 19.3. The van der Waals surface area contributed by atoms with Gasteiger partial charge in [-0.3, -0.25) is 9.59 Å². The summed E-state index contributed by atoms with van der Waals surface area (Å²) in [6, 6.07) is 4.08. The molecule has 1 aliphatic carbocycles. The van der Waals surface area contributed by atoms with Gasteiger partial charge in [0, 0.05) is 11.5 Å². The van der Waals surface area contributed by atoms with Gasteiger partial charge in [0.1, 0.15) is 0 Å². The van der Waals surface area contributed by atoms with E-state index in [2.05, 4.69) is 0 Å². The highest BCUT2D eigenvalue weighted by Gasteiger charge is 2.61.